The highest BCUT2D eigenvalue weighted by Gasteiger charge is 2.32. The SMILES string of the molecule is CCOC(=O)C(C)(C)Oc1ccc2c(c1)CC(NC[C@H](O)c1cccc(Cl)c1)CCC2. The lowest BCUT2D eigenvalue weighted by atomic mass is 10.0. The van der Waals surface area contributed by atoms with Crippen molar-refractivity contribution >= 4 is 17.6 Å². The molecular formula is C25H32ClNO4. The highest BCUT2D eigenvalue weighted by molar-refractivity contribution is 6.30. The Morgan fingerprint density at radius 1 is 1.26 bits per heavy atom. The minimum Gasteiger partial charge on any atom is -0.476 e. The average Bonchev–Trinajstić information content (AvgIpc) is 2.93. The molecule has 1 unspecified atom stereocenters. The van der Waals surface area contributed by atoms with Crippen LogP contribution in [0, 0.1) is 0 Å². The Hall–Kier alpha value is -2.08. The van der Waals surface area contributed by atoms with Crippen LogP contribution in [-0.4, -0.2) is 35.9 Å². The van der Waals surface area contributed by atoms with Gasteiger partial charge in [0.25, 0.3) is 0 Å². The van der Waals surface area contributed by atoms with Gasteiger partial charge < -0.3 is 19.9 Å². The van der Waals surface area contributed by atoms with Gasteiger partial charge in [0.2, 0.25) is 0 Å². The van der Waals surface area contributed by atoms with Crippen molar-refractivity contribution in [1.29, 1.82) is 0 Å². The minimum atomic E-state index is -1.05. The summed E-state index contributed by atoms with van der Waals surface area (Å²) in [4.78, 5) is 12.2. The lowest BCUT2D eigenvalue weighted by Gasteiger charge is -2.25. The van der Waals surface area contributed by atoms with Gasteiger partial charge in [-0.3, -0.25) is 0 Å². The van der Waals surface area contributed by atoms with E-state index in [-0.39, 0.29) is 12.0 Å². The zero-order chi connectivity index (χ0) is 22.4. The van der Waals surface area contributed by atoms with Gasteiger partial charge in [0.05, 0.1) is 12.7 Å². The summed E-state index contributed by atoms with van der Waals surface area (Å²) in [5.74, 6) is 0.288. The van der Waals surface area contributed by atoms with Crippen LogP contribution < -0.4 is 10.1 Å². The molecule has 168 valence electrons. The normalized spacial score (nSPS) is 17.4. The van der Waals surface area contributed by atoms with Gasteiger partial charge in [-0.05, 0) is 87.4 Å². The molecule has 1 aliphatic carbocycles. The van der Waals surface area contributed by atoms with E-state index in [0.717, 1.165) is 31.2 Å². The Morgan fingerprint density at radius 2 is 2.06 bits per heavy atom. The van der Waals surface area contributed by atoms with Crippen LogP contribution in [0.2, 0.25) is 5.02 Å². The molecule has 0 fully saturated rings. The number of nitrogens with one attached hydrogen (secondary N) is 1. The van der Waals surface area contributed by atoms with Gasteiger partial charge in [0.1, 0.15) is 5.75 Å². The number of hydrogen-bond donors (Lipinski definition) is 2. The first-order chi connectivity index (χ1) is 14.8. The largest absolute Gasteiger partial charge is 0.476 e. The molecule has 0 bridgehead atoms. The first-order valence-electron chi connectivity index (χ1n) is 10.9. The summed E-state index contributed by atoms with van der Waals surface area (Å²) < 4.78 is 11.1. The zero-order valence-corrected chi connectivity index (χ0v) is 19.2. The molecule has 2 N–H and O–H groups in total. The number of benzene rings is 2. The van der Waals surface area contributed by atoms with E-state index in [1.165, 1.54) is 11.1 Å². The standard InChI is InChI=1S/C25H32ClNO4/c1-4-30-24(29)25(2,3)31-22-12-11-17-7-6-10-21(14-19(17)15-22)27-16-23(28)18-8-5-9-20(26)13-18/h5,8-9,11-13,15,21,23,27-28H,4,6-7,10,14,16H2,1-3H3/t21?,23-/m0/s1. The number of fused-ring (bicyclic) bond motifs is 1. The van der Waals surface area contributed by atoms with Gasteiger partial charge in [0.15, 0.2) is 5.60 Å². The van der Waals surface area contributed by atoms with Crippen LogP contribution in [-0.2, 0) is 22.4 Å². The van der Waals surface area contributed by atoms with Crippen LogP contribution in [0.4, 0.5) is 0 Å². The fourth-order valence-electron chi connectivity index (χ4n) is 3.93. The number of aliphatic hydroxyl groups excluding tert-OH is 1. The molecule has 0 amide bonds. The molecule has 1 aliphatic rings. The topological polar surface area (TPSA) is 67.8 Å². The molecule has 2 aromatic carbocycles. The molecule has 0 heterocycles. The summed E-state index contributed by atoms with van der Waals surface area (Å²) in [6.45, 7) is 6.01. The van der Waals surface area contributed by atoms with E-state index in [1.54, 1.807) is 32.9 Å². The van der Waals surface area contributed by atoms with Crippen LogP contribution in [0.15, 0.2) is 42.5 Å². The Morgan fingerprint density at radius 3 is 2.81 bits per heavy atom. The maximum absolute atomic E-state index is 12.2. The van der Waals surface area contributed by atoms with Crippen molar-refractivity contribution in [2.75, 3.05) is 13.2 Å². The van der Waals surface area contributed by atoms with Gasteiger partial charge in [-0.2, -0.15) is 0 Å². The van der Waals surface area contributed by atoms with Crippen LogP contribution in [0.25, 0.3) is 0 Å². The number of rotatable bonds is 8. The first kappa shape index (κ1) is 23.6. The predicted octanol–water partition coefficient (Wildman–Crippen LogP) is 4.63. The van der Waals surface area contributed by atoms with Crippen molar-refractivity contribution in [3.05, 3.63) is 64.2 Å². The fraction of sp³-hybridized carbons (Fsp3) is 0.480. The van der Waals surface area contributed by atoms with Gasteiger partial charge in [-0.1, -0.05) is 29.8 Å². The summed E-state index contributed by atoms with van der Waals surface area (Å²) >= 11 is 6.04. The smallest absolute Gasteiger partial charge is 0.349 e. The number of carbonyl (C=O) groups is 1. The van der Waals surface area contributed by atoms with Crippen LogP contribution in [0.5, 0.6) is 5.75 Å². The molecule has 0 spiro atoms. The molecule has 3 rings (SSSR count). The summed E-state index contributed by atoms with van der Waals surface area (Å²) in [7, 11) is 0. The van der Waals surface area contributed by atoms with Crippen LogP contribution in [0.3, 0.4) is 0 Å². The Balaban J connectivity index is 1.65. The molecule has 0 saturated carbocycles. The van der Waals surface area contributed by atoms with Gasteiger partial charge in [0, 0.05) is 17.6 Å². The van der Waals surface area contributed by atoms with E-state index in [2.05, 4.69) is 11.4 Å². The number of halogens is 1. The van der Waals surface area contributed by atoms with Gasteiger partial charge in [-0.25, -0.2) is 4.79 Å². The van der Waals surface area contributed by atoms with Crippen molar-refractivity contribution in [2.45, 2.75) is 64.2 Å². The van der Waals surface area contributed by atoms with Crippen LogP contribution in [0.1, 0.15) is 56.4 Å². The zero-order valence-electron chi connectivity index (χ0n) is 18.5. The van der Waals surface area contributed by atoms with E-state index in [0.29, 0.717) is 23.9 Å². The van der Waals surface area contributed by atoms with Crippen molar-refractivity contribution in [3.8, 4) is 5.75 Å². The minimum absolute atomic E-state index is 0.253. The number of aliphatic hydroxyl groups is 1. The molecule has 5 nitrogen and oxygen atoms in total. The number of hydrogen-bond acceptors (Lipinski definition) is 5. The quantitative estimate of drug-likeness (QED) is 0.458. The maximum atomic E-state index is 12.2. The highest BCUT2D eigenvalue weighted by Crippen LogP contribution is 2.28. The van der Waals surface area contributed by atoms with E-state index < -0.39 is 11.7 Å². The first-order valence-corrected chi connectivity index (χ1v) is 11.3. The molecule has 0 radical (unpaired) electrons. The summed E-state index contributed by atoms with van der Waals surface area (Å²) in [5, 5.41) is 14.7. The number of aryl methyl sites for hydroxylation is 1. The molecule has 2 aromatic rings. The Labute approximate surface area is 189 Å². The van der Waals surface area contributed by atoms with Crippen molar-refractivity contribution < 1.29 is 19.4 Å². The fourth-order valence-corrected chi connectivity index (χ4v) is 4.13. The van der Waals surface area contributed by atoms with Crippen molar-refractivity contribution in [3.63, 3.8) is 0 Å². The summed E-state index contributed by atoms with van der Waals surface area (Å²) in [5.41, 5.74) is 2.28. The molecule has 0 saturated heterocycles. The number of carbonyl (C=O) groups excluding carboxylic acids is 1. The molecule has 6 heteroatoms. The molecule has 0 aromatic heterocycles. The molecule has 0 aliphatic heterocycles. The second-order valence-electron chi connectivity index (χ2n) is 8.54. The maximum Gasteiger partial charge on any atom is 0.349 e. The van der Waals surface area contributed by atoms with Crippen molar-refractivity contribution in [1.82, 2.24) is 5.32 Å². The number of ether oxygens (including phenoxy) is 2. The Kier molecular flexibility index (Phi) is 7.98. The van der Waals surface area contributed by atoms with Crippen molar-refractivity contribution in [2.24, 2.45) is 0 Å². The van der Waals surface area contributed by atoms with E-state index in [1.807, 2.05) is 24.3 Å². The number of esters is 1. The monoisotopic (exact) mass is 445 g/mol. The highest BCUT2D eigenvalue weighted by atomic mass is 35.5. The third-order valence-corrected chi connectivity index (χ3v) is 5.85. The van der Waals surface area contributed by atoms with E-state index in [9.17, 15) is 9.90 Å². The Bertz CT molecular complexity index is 899. The summed E-state index contributed by atoms with van der Waals surface area (Å²) in [6.07, 6.45) is 3.34. The molecule has 2 atom stereocenters. The van der Waals surface area contributed by atoms with E-state index >= 15 is 0 Å². The summed E-state index contributed by atoms with van der Waals surface area (Å²) in [6, 6.07) is 13.6. The van der Waals surface area contributed by atoms with Gasteiger partial charge in [-0.15, -0.1) is 0 Å². The average molecular weight is 446 g/mol. The van der Waals surface area contributed by atoms with E-state index in [4.69, 9.17) is 21.1 Å². The lowest BCUT2D eigenvalue weighted by Crippen LogP contribution is -2.39. The predicted molar refractivity (Wildman–Crippen MR) is 123 cm³/mol. The van der Waals surface area contributed by atoms with Crippen LogP contribution >= 0.6 is 11.6 Å². The third kappa shape index (κ3) is 6.45. The lowest BCUT2D eigenvalue weighted by molar-refractivity contribution is -0.158. The molecule has 31 heavy (non-hydrogen) atoms. The van der Waals surface area contributed by atoms with Gasteiger partial charge >= 0.3 is 5.97 Å². The second-order valence-corrected chi connectivity index (χ2v) is 8.97. The third-order valence-electron chi connectivity index (χ3n) is 5.62. The second kappa shape index (κ2) is 10.5. The molecular weight excluding hydrogens is 414 g/mol.